The summed E-state index contributed by atoms with van der Waals surface area (Å²) in [5.74, 6) is -4.60. The van der Waals surface area contributed by atoms with Gasteiger partial charge in [-0.25, -0.2) is 0 Å². The van der Waals surface area contributed by atoms with Crippen molar-refractivity contribution in [1.82, 2.24) is 0 Å². The van der Waals surface area contributed by atoms with E-state index in [1.54, 1.807) is 12.1 Å². The van der Waals surface area contributed by atoms with Crippen LogP contribution >= 0.6 is 0 Å². The number of esters is 3. The summed E-state index contributed by atoms with van der Waals surface area (Å²) >= 11 is 0. The van der Waals surface area contributed by atoms with E-state index in [-0.39, 0.29) is 0 Å². The molecule has 1 heterocycles. The van der Waals surface area contributed by atoms with E-state index < -0.39 is 35.8 Å². The topological polar surface area (TPSA) is 78.9 Å². The molecule has 0 amide bonds. The number of hydrogen-bond donors (Lipinski definition) is 0. The van der Waals surface area contributed by atoms with Gasteiger partial charge in [-0.3, -0.25) is 14.4 Å². The van der Waals surface area contributed by atoms with E-state index in [2.05, 4.69) is 4.74 Å². The lowest BCUT2D eigenvalue weighted by Crippen LogP contribution is -2.33. The van der Waals surface area contributed by atoms with Crippen molar-refractivity contribution in [2.24, 2.45) is 11.8 Å². The van der Waals surface area contributed by atoms with Gasteiger partial charge < -0.3 is 14.2 Å². The van der Waals surface area contributed by atoms with E-state index in [9.17, 15) is 14.4 Å². The maximum absolute atomic E-state index is 12.0. The minimum atomic E-state index is -1.30. The third kappa shape index (κ3) is 2.74. The van der Waals surface area contributed by atoms with E-state index in [0.717, 1.165) is 12.7 Å². The van der Waals surface area contributed by atoms with Crippen molar-refractivity contribution < 1.29 is 28.6 Å². The van der Waals surface area contributed by atoms with E-state index in [1.807, 2.05) is 19.1 Å². The third-order valence-corrected chi connectivity index (χ3v) is 3.52. The van der Waals surface area contributed by atoms with Gasteiger partial charge in [0.2, 0.25) is 0 Å². The zero-order valence-corrected chi connectivity index (χ0v) is 12.0. The second-order valence-corrected chi connectivity index (χ2v) is 4.82. The second-order valence-electron chi connectivity index (χ2n) is 4.82. The molecule has 1 aliphatic heterocycles. The monoisotopic (exact) mass is 292 g/mol. The van der Waals surface area contributed by atoms with Crippen molar-refractivity contribution in [3.05, 3.63) is 35.4 Å². The molecule has 2 rings (SSSR count). The molecule has 0 radical (unpaired) electrons. The van der Waals surface area contributed by atoms with Crippen LogP contribution in [0.15, 0.2) is 24.3 Å². The molecule has 0 unspecified atom stereocenters. The number of carbonyl (C=O) groups is 3. The minimum Gasteiger partial charge on any atom is -0.469 e. The van der Waals surface area contributed by atoms with Crippen molar-refractivity contribution in [2.75, 3.05) is 14.2 Å². The molecule has 112 valence electrons. The fourth-order valence-corrected chi connectivity index (χ4v) is 2.39. The number of benzene rings is 1. The van der Waals surface area contributed by atoms with Crippen LogP contribution in [0.25, 0.3) is 0 Å². The highest BCUT2D eigenvalue weighted by Crippen LogP contribution is 2.40. The number of rotatable bonds is 3. The first-order chi connectivity index (χ1) is 9.99. The van der Waals surface area contributed by atoms with Crippen LogP contribution in [0.5, 0.6) is 0 Å². The Morgan fingerprint density at radius 3 is 2.14 bits per heavy atom. The van der Waals surface area contributed by atoms with Crippen LogP contribution in [0.2, 0.25) is 0 Å². The van der Waals surface area contributed by atoms with Gasteiger partial charge in [-0.05, 0) is 12.5 Å². The Kier molecular flexibility index (Phi) is 4.26. The van der Waals surface area contributed by atoms with Gasteiger partial charge in [0.1, 0.15) is 12.0 Å². The molecule has 1 aromatic rings. The molecule has 1 aromatic carbocycles. The lowest BCUT2D eigenvalue weighted by molar-refractivity contribution is -0.159. The zero-order chi connectivity index (χ0) is 15.6. The smallest absolute Gasteiger partial charge is 0.322 e. The van der Waals surface area contributed by atoms with E-state index in [1.165, 1.54) is 7.11 Å². The van der Waals surface area contributed by atoms with Crippen LogP contribution in [0, 0.1) is 18.8 Å². The molecule has 0 aromatic heterocycles. The largest absolute Gasteiger partial charge is 0.469 e. The van der Waals surface area contributed by atoms with Crippen LogP contribution in [0.3, 0.4) is 0 Å². The fraction of sp³-hybridized carbons (Fsp3) is 0.400. The molecule has 0 N–H and O–H groups in total. The van der Waals surface area contributed by atoms with Crippen molar-refractivity contribution in [2.45, 2.75) is 13.0 Å². The first-order valence-corrected chi connectivity index (χ1v) is 6.42. The lowest BCUT2D eigenvalue weighted by atomic mass is 9.87. The van der Waals surface area contributed by atoms with Gasteiger partial charge in [0, 0.05) is 0 Å². The predicted octanol–water partition coefficient (Wildman–Crippen LogP) is 1.17. The number of ether oxygens (including phenoxy) is 3. The summed E-state index contributed by atoms with van der Waals surface area (Å²) in [6.45, 7) is 1.92. The van der Waals surface area contributed by atoms with Crippen LogP contribution in [0.1, 0.15) is 17.2 Å². The molecule has 0 aliphatic carbocycles. The molecular weight excluding hydrogens is 276 g/mol. The van der Waals surface area contributed by atoms with Crippen LogP contribution < -0.4 is 0 Å². The Morgan fingerprint density at radius 2 is 1.62 bits per heavy atom. The maximum atomic E-state index is 12.0. The average Bonchev–Trinajstić information content (AvgIpc) is 2.83. The summed E-state index contributed by atoms with van der Waals surface area (Å²) in [5.41, 5.74) is 1.66. The van der Waals surface area contributed by atoms with Gasteiger partial charge in [0.25, 0.3) is 0 Å². The predicted molar refractivity (Wildman–Crippen MR) is 71.0 cm³/mol. The Balaban J connectivity index is 2.40. The van der Waals surface area contributed by atoms with Gasteiger partial charge in [-0.1, -0.05) is 29.8 Å². The molecule has 0 saturated carbocycles. The summed E-state index contributed by atoms with van der Waals surface area (Å²) in [5, 5.41) is 0. The molecule has 6 nitrogen and oxygen atoms in total. The van der Waals surface area contributed by atoms with Crippen molar-refractivity contribution >= 4 is 17.9 Å². The van der Waals surface area contributed by atoms with Gasteiger partial charge in [-0.2, -0.15) is 0 Å². The highest BCUT2D eigenvalue weighted by Gasteiger charge is 2.54. The van der Waals surface area contributed by atoms with Gasteiger partial charge in [0.15, 0.2) is 5.92 Å². The average molecular weight is 292 g/mol. The molecule has 0 spiro atoms. The third-order valence-electron chi connectivity index (χ3n) is 3.52. The molecular formula is C15H16O6. The highest BCUT2D eigenvalue weighted by molar-refractivity contribution is 6.01. The Bertz CT molecular complexity index is 562. The van der Waals surface area contributed by atoms with Crippen molar-refractivity contribution in [1.29, 1.82) is 0 Å². The summed E-state index contributed by atoms with van der Waals surface area (Å²) in [6.07, 6.45) is -0.852. The Hall–Kier alpha value is -2.37. The fourth-order valence-electron chi connectivity index (χ4n) is 2.39. The molecule has 21 heavy (non-hydrogen) atoms. The highest BCUT2D eigenvalue weighted by atomic mass is 16.6. The van der Waals surface area contributed by atoms with Gasteiger partial charge in [0.05, 0.1) is 14.2 Å². The van der Waals surface area contributed by atoms with Crippen LogP contribution in [-0.2, 0) is 28.6 Å². The SMILES string of the molecule is COC(=O)[C@@H]1C(=O)O[C@H](c2ccc(C)cc2)[C@H]1C(=O)OC. The molecule has 1 saturated heterocycles. The van der Waals surface area contributed by atoms with Crippen LogP contribution in [-0.4, -0.2) is 32.1 Å². The van der Waals surface area contributed by atoms with Gasteiger partial charge >= 0.3 is 17.9 Å². The van der Waals surface area contributed by atoms with E-state index in [0.29, 0.717) is 5.56 Å². The standard InChI is InChI=1S/C15H16O6/c1-8-4-6-9(7-5-8)12-10(13(16)19-2)11(14(17)20-3)15(18)21-12/h4-7,10-12H,1-3H3/t10-,11+,12+/m0/s1. The van der Waals surface area contributed by atoms with Crippen molar-refractivity contribution in [3.63, 3.8) is 0 Å². The quantitative estimate of drug-likeness (QED) is 0.473. The number of carbonyl (C=O) groups excluding carboxylic acids is 3. The summed E-state index contributed by atoms with van der Waals surface area (Å²) < 4.78 is 14.5. The molecule has 3 atom stereocenters. The van der Waals surface area contributed by atoms with E-state index in [4.69, 9.17) is 9.47 Å². The summed E-state index contributed by atoms with van der Waals surface area (Å²) in [7, 11) is 2.36. The number of hydrogen-bond acceptors (Lipinski definition) is 6. The first-order valence-electron chi connectivity index (χ1n) is 6.42. The molecule has 0 bridgehead atoms. The first kappa shape index (κ1) is 15.0. The molecule has 1 fully saturated rings. The molecule has 6 heteroatoms. The van der Waals surface area contributed by atoms with Gasteiger partial charge in [-0.15, -0.1) is 0 Å². The Labute approximate surface area is 122 Å². The molecule has 1 aliphatic rings. The number of cyclic esters (lactones) is 1. The summed E-state index contributed by atoms with van der Waals surface area (Å²) in [4.78, 5) is 35.7. The van der Waals surface area contributed by atoms with Crippen molar-refractivity contribution in [3.8, 4) is 0 Å². The number of methoxy groups -OCH3 is 2. The zero-order valence-electron chi connectivity index (χ0n) is 12.0. The minimum absolute atomic E-state index is 0.635. The second kappa shape index (κ2) is 5.95. The lowest BCUT2D eigenvalue weighted by Gasteiger charge is -2.18. The van der Waals surface area contributed by atoms with Crippen LogP contribution in [0.4, 0.5) is 0 Å². The summed E-state index contributed by atoms with van der Waals surface area (Å²) in [6, 6.07) is 7.18. The number of aryl methyl sites for hydroxylation is 1. The Morgan fingerprint density at radius 1 is 1.05 bits per heavy atom. The normalized spacial score (nSPS) is 24.3. The maximum Gasteiger partial charge on any atom is 0.322 e. The van der Waals surface area contributed by atoms with E-state index >= 15 is 0 Å².